The molecular weight excluding hydrogens is 364 g/mol. The highest BCUT2D eigenvalue weighted by atomic mass is 32.2. The molecule has 2 bridgehead atoms. The van der Waals surface area contributed by atoms with E-state index in [0.29, 0.717) is 24.7 Å². The van der Waals surface area contributed by atoms with Gasteiger partial charge in [-0.05, 0) is 61.1 Å². The molecule has 4 rings (SSSR count). The van der Waals surface area contributed by atoms with E-state index in [1.165, 1.54) is 0 Å². The van der Waals surface area contributed by atoms with E-state index in [2.05, 4.69) is 15.6 Å². The summed E-state index contributed by atoms with van der Waals surface area (Å²) in [6.45, 7) is 0.993. The molecule has 2 unspecified atom stereocenters. The third kappa shape index (κ3) is 3.81. The first-order chi connectivity index (χ1) is 13.0. The molecule has 1 aromatic heterocycles. The second-order valence-corrected chi connectivity index (χ2v) is 8.99. The highest BCUT2D eigenvalue weighted by molar-refractivity contribution is 7.89. The van der Waals surface area contributed by atoms with Gasteiger partial charge in [0.25, 0.3) is 0 Å². The first-order valence-corrected chi connectivity index (χ1v) is 10.5. The Bertz CT molecular complexity index is 916. The fourth-order valence-corrected chi connectivity index (χ4v) is 5.62. The zero-order valence-electron chi connectivity index (χ0n) is 14.8. The van der Waals surface area contributed by atoms with Crippen LogP contribution in [0.5, 0.6) is 0 Å². The number of nitrogens with zero attached hydrogens (tertiary/aromatic N) is 2. The minimum Gasteiger partial charge on any atom is -0.334 e. The van der Waals surface area contributed by atoms with Crippen LogP contribution in [0.15, 0.2) is 53.7 Å². The highest BCUT2D eigenvalue weighted by Gasteiger charge is 2.44. The van der Waals surface area contributed by atoms with Gasteiger partial charge in [-0.2, -0.15) is 4.31 Å². The number of sulfonamides is 1. The molecule has 2 heterocycles. The monoisotopic (exact) mass is 386 g/mol. The van der Waals surface area contributed by atoms with Gasteiger partial charge in [0.1, 0.15) is 0 Å². The van der Waals surface area contributed by atoms with Crippen molar-refractivity contribution in [1.82, 2.24) is 14.6 Å². The normalized spacial score (nSPS) is 21.9. The summed E-state index contributed by atoms with van der Waals surface area (Å²) in [6.07, 6.45) is 6.43. The summed E-state index contributed by atoms with van der Waals surface area (Å²) < 4.78 is 27.3. The van der Waals surface area contributed by atoms with Crippen LogP contribution < -0.4 is 10.6 Å². The molecule has 2 atom stereocenters. The number of amides is 2. The molecule has 0 spiro atoms. The van der Waals surface area contributed by atoms with Crippen molar-refractivity contribution >= 4 is 21.7 Å². The Labute approximate surface area is 158 Å². The van der Waals surface area contributed by atoms with E-state index < -0.39 is 10.0 Å². The molecule has 8 heteroatoms. The molecule has 142 valence electrons. The lowest BCUT2D eigenvalue weighted by atomic mass is 10.1. The summed E-state index contributed by atoms with van der Waals surface area (Å²) in [5.41, 5.74) is 1.44. The number of urea groups is 1. The third-order valence-corrected chi connectivity index (χ3v) is 7.19. The number of carbonyl (C=O) groups excluding carboxylic acids is 1. The molecule has 2 amide bonds. The lowest BCUT2D eigenvalue weighted by Gasteiger charge is -2.26. The zero-order valence-corrected chi connectivity index (χ0v) is 15.7. The average Bonchev–Trinajstić information content (AvgIpc) is 3.32. The van der Waals surface area contributed by atoms with Crippen molar-refractivity contribution in [3.05, 3.63) is 54.4 Å². The Morgan fingerprint density at radius 2 is 2.00 bits per heavy atom. The average molecular weight is 386 g/mol. The number of anilines is 1. The van der Waals surface area contributed by atoms with Crippen LogP contribution in [0.4, 0.5) is 10.5 Å². The van der Waals surface area contributed by atoms with Crippen molar-refractivity contribution in [2.45, 2.75) is 36.7 Å². The van der Waals surface area contributed by atoms with E-state index in [1.54, 1.807) is 47.0 Å². The van der Waals surface area contributed by atoms with Crippen LogP contribution >= 0.6 is 0 Å². The Hall–Kier alpha value is -2.45. The fourth-order valence-electron chi connectivity index (χ4n) is 3.88. The van der Waals surface area contributed by atoms with Gasteiger partial charge in [-0.1, -0.05) is 6.07 Å². The Morgan fingerprint density at radius 3 is 2.63 bits per heavy atom. The summed E-state index contributed by atoms with van der Waals surface area (Å²) in [4.78, 5) is 16.3. The van der Waals surface area contributed by atoms with Crippen molar-refractivity contribution in [3.63, 3.8) is 0 Å². The maximum Gasteiger partial charge on any atom is 0.319 e. The largest absolute Gasteiger partial charge is 0.334 e. The second kappa shape index (κ2) is 7.28. The number of rotatable bonds is 5. The Balaban J connectivity index is 1.36. The minimum absolute atomic E-state index is 0.149. The molecule has 1 aromatic carbocycles. The molecule has 0 radical (unpaired) electrons. The SMILES string of the molecule is O=C(NCc1cccnc1)Nc1ccc(S(=O)(=O)N2CC3CCC2C3)cc1. The lowest BCUT2D eigenvalue weighted by molar-refractivity contribution is 0.251. The van der Waals surface area contributed by atoms with E-state index in [-0.39, 0.29) is 17.0 Å². The molecule has 1 aliphatic carbocycles. The van der Waals surface area contributed by atoms with E-state index >= 15 is 0 Å². The zero-order chi connectivity index (χ0) is 18.9. The molecule has 2 N–H and O–H groups in total. The summed E-state index contributed by atoms with van der Waals surface area (Å²) in [5.74, 6) is 0.509. The molecule has 2 fully saturated rings. The molecule has 2 aromatic rings. The quantitative estimate of drug-likeness (QED) is 0.826. The van der Waals surface area contributed by atoms with Gasteiger partial charge in [0.05, 0.1) is 4.90 Å². The first kappa shape index (κ1) is 17.9. The van der Waals surface area contributed by atoms with E-state index in [1.807, 2.05) is 6.07 Å². The van der Waals surface area contributed by atoms with Gasteiger partial charge in [0, 0.05) is 37.2 Å². The fraction of sp³-hybridized carbons (Fsp3) is 0.368. The Kier molecular flexibility index (Phi) is 4.84. The lowest BCUT2D eigenvalue weighted by Crippen LogP contribution is -2.37. The van der Waals surface area contributed by atoms with Gasteiger partial charge in [0.2, 0.25) is 10.0 Å². The maximum atomic E-state index is 12.8. The molecule has 27 heavy (non-hydrogen) atoms. The van der Waals surface area contributed by atoms with E-state index in [4.69, 9.17) is 0 Å². The van der Waals surface area contributed by atoms with Gasteiger partial charge in [-0.25, -0.2) is 13.2 Å². The number of hydrogen-bond acceptors (Lipinski definition) is 4. The van der Waals surface area contributed by atoms with Crippen molar-refractivity contribution in [2.24, 2.45) is 5.92 Å². The van der Waals surface area contributed by atoms with Gasteiger partial charge < -0.3 is 10.6 Å². The van der Waals surface area contributed by atoms with Gasteiger partial charge in [-0.3, -0.25) is 4.98 Å². The standard InChI is InChI=1S/C19H22N4O3S/c24-19(21-12-15-2-1-9-20-11-15)22-16-4-7-18(8-5-16)27(25,26)23-13-14-3-6-17(23)10-14/h1-2,4-5,7-9,11,14,17H,3,6,10,12-13H2,(H2,21,22,24). The summed E-state index contributed by atoms with van der Waals surface area (Å²) >= 11 is 0. The van der Waals surface area contributed by atoms with Crippen LogP contribution in [-0.4, -0.2) is 36.3 Å². The molecule has 1 saturated heterocycles. The number of fused-ring (bicyclic) bond motifs is 2. The maximum absolute atomic E-state index is 12.8. The molecule has 2 aliphatic rings. The number of nitrogens with one attached hydrogen (secondary N) is 2. The van der Waals surface area contributed by atoms with Crippen molar-refractivity contribution in [3.8, 4) is 0 Å². The van der Waals surface area contributed by atoms with Crippen LogP contribution in [0, 0.1) is 5.92 Å². The van der Waals surface area contributed by atoms with Crippen LogP contribution in [0.1, 0.15) is 24.8 Å². The number of aromatic nitrogens is 1. The minimum atomic E-state index is -3.46. The van der Waals surface area contributed by atoms with Crippen molar-refractivity contribution in [2.75, 3.05) is 11.9 Å². The predicted octanol–water partition coefficient (Wildman–Crippen LogP) is 2.58. The number of piperidine rings is 1. The van der Waals surface area contributed by atoms with Crippen LogP contribution in [-0.2, 0) is 16.6 Å². The third-order valence-electron chi connectivity index (χ3n) is 5.25. The van der Waals surface area contributed by atoms with E-state index in [9.17, 15) is 13.2 Å². The van der Waals surface area contributed by atoms with Crippen LogP contribution in [0.2, 0.25) is 0 Å². The number of hydrogen-bond donors (Lipinski definition) is 2. The van der Waals surface area contributed by atoms with E-state index in [0.717, 1.165) is 24.8 Å². The van der Waals surface area contributed by atoms with Crippen LogP contribution in [0.3, 0.4) is 0 Å². The number of benzene rings is 1. The topological polar surface area (TPSA) is 91.4 Å². The summed E-state index contributed by atoms with van der Waals surface area (Å²) in [5, 5.41) is 5.45. The van der Waals surface area contributed by atoms with Gasteiger partial charge in [-0.15, -0.1) is 0 Å². The molecule has 1 aliphatic heterocycles. The molecule has 7 nitrogen and oxygen atoms in total. The summed E-state index contributed by atoms with van der Waals surface area (Å²) in [6, 6.07) is 9.81. The van der Waals surface area contributed by atoms with Gasteiger partial charge in [0.15, 0.2) is 0 Å². The first-order valence-electron chi connectivity index (χ1n) is 9.08. The predicted molar refractivity (Wildman–Crippen MR) is 102 cm³/mol. The van der Waals surface area contributed by atoms with Crippen molar-refractivity contribution in [1.29, 1.82) is 0 Å². The number of pyridine rings is 1. The van der Waals surface area contributed by atoms with Crippen LogP contribution in [0.25, 0.3) is 0 Å². The summed E-state index contributed by atoms with van der Waals surface area (Å²) in [7, 11) is -3.46. The highest BCUT2D eigenvalue weighted by Crippen LogP contribution is 2.40. The second-order valence-electron chi connectivity index (χ2n) is 7.10. The Morgan fingerprint density at radius 1 is 1.19 bits per heavy atom. The van der Waals surface area contributed by atoms with Crippen molar-refractivity contribution < 1.29 is 13.2 Å². The number of carbonyl (C=O) groups is 1. The molecule has 1 saturated carbocycles. The smallest absolute Gasteiger partial charge is 0.319 e. The molecular formula is C19H22N4O3S. The van der Waals surface area contributed by atoms with Gasteiger partial charge >= 0.3 is 6.03 Å².